The molecule has 0 spiro atoms. The van der Waals surface area contributed by atoms with Gasteiger partial charge in [0.25, 0.3) is 0 Å². The molecule has 0 bridgehead atoms. The Morgan fingerprint density at radius 1 is 1.24 bits per heavy atom. The van der Waals surface area contributed by atoms with Crippen molar-refractivity contribution in [3.05, 3.63) is 53.2 Å². The zero-order valence-corrected chi connectivity index (χ0v) is 22.1. The van der Waals surface area contributed by atoms with Gasteiger partial charge in [-0.2, -0.15) is 0 Å². The van der Waals surface area contributed by atoms with E-state index in [-0.39, 0.29) is 18.0 Å². The van der Waals surface area contributed by atoms with Crippen molar-refractivity contribution in [1.29, 1.82) is 0 Å². The maximum absolute atomic E-state index is 12.3. The molecule has 0 amide bonds. The molecule has 0 saturated carbocycles. The minimum atomic E-state index is -0.168. The van der Waals surface area contributed by atoms with Gasteiger partial charge in [-0.05, 0) is 86.7 Å². The lowest BCUT2D eigenvalue weighted by Crippen LogP contribution is -2.28. The molecule has 200 valence electrons. The normalized spacial score (nSPS) is 22.3. The molecule has 3 atom stereocenters. The summed E-state index contributed by atoms with van der Waals surface area (Å²) in [5.74, 6) is 2.49. The quantitative estimate of drug-likeness (QED) is 0.446. The van der Waals surface area contributed by atoms with Gasteiger partial charge in [0.05, 0.1) is 19.6 Å². The van der Waals surface area contributed by atoms with Crippen molar-refractivity contribution >= 4 is 11.8 Å². The van der Waals surface area contributed by atoms with Crippen LogP contribution in [0, 0.1) is 5.92 Å². The fourth-order valence-corrected chi connectivity index (χ4v) is 5.88. The van der Waals surface area contributed by atoms with Gasteiger partial charge in [0, 0.05) is 37.9 Å². The van der Waals surface area contributed by atoms with Gasteiger partial charge in [-0.1, -0.05) is 18.2 Å². The van der Waals surface area contributed by atoms with Crippen LogP contribution in [0.1, 0.15) is 61.3 Å². The van der Waals surface area contributed by atoms with Gasteiger partial charge in [-0.15, -0.1) is 0 Å². The number of esters is 1. The molecule has 2 saturated heterocycles. The molecular weight excluding hydrogens is 466 g/mol. The molecule has 3 aliphatic rings. The number of anilines is 1. The highest BCUT2D eigenvalue weighted by atomic mass is 16.5. The van der Waals surface area contributed by atoms with E-state index in [1.54, 1.807) is 0 Å². The zero-order valence-electron chi connectivity index (χ0n) is 22.1. The third-order valence-corrected chi connectivity index (χ3v) is 8.04. The van der Waals surface area contributed by atoms with E-state index in [0.717, 1.165) is 82.0 Å². The molecule has 1 aromatic heterocycles. The van der Waals surface area contributed by atoms with Crippen LogP contribution in [-0.4, -0.2) is 68.5 Å². The van der Waals surface area contributed by atoms with Crippen LogP contribution in [0.2, 0.25) is 0 Å². The third-order valence-electron chi connectivity index (χ3n) is 8.04. The van der Waals surface area contributed by atoms with Crippen LogP contribution >= 0.6 is 0 Å². The molecule has 1 aromatic carbocycles. The summed E-state index contributed by atoms with van der Waals surface area (Å²) in [5.41, 5.74) is 3.67. The Morgan fingerprint density at radius 2 is 2.19 bits per heavy atom. The Labute approximate surface area is 220 Å². The number of ether oxygens (including phenoxy) is 3. The molecule has 7 nitrogen and oxygen atoms in total. The van der Waals surface area contributed by atoms with Crippen LogP contribution in [0.4, 0.5) is 5.82 Å². The second-order valence-electron chi connectivity index (χ2n) is 10.8. The third kappa shape index (κ3) is 7.23. The number of methoxy groups -OCH3 is 1. The zero-order chi connectivity index (χ0) is 25.5. The molecule has 1 N–H and O–H groups in total. The van der Waals surface area contributed by atoms with E-state index >= 15 is 0 Å². The topological polar surface area (TPSA) is 72.9 Å². The predicted molar refractivity (Wildman–Crippen MR) is 144 cm³/mol. The van der Waals surface area contributed by atoms with Crippen LogP contribution in [0.15, 0.2) is 36.4 Å². The summed E-state index contributed by atoms with van der Waals surface area (Å²) >= 11 is 0. The Morgan fingerprint density at radius 3 is 3.05 bits per heavy atom. The van der Waals surface area contributed by atoms with Gasteiger partial charge in [0.1, 0.15) is 18.2 Å². The molecule has 3 aliphatic heterocycles. The first kappa shape index (κ1) is 26.0. The molecule has 0 radical (unpaired) electrons. The fraction of sp³-hybridized carbons (Fsp3) is 0.600. The van der Waals surface area contributed by atoms with Crippen LogP contribution in [0.5, 0.6) is 5.75 Å². The minimum Gasteiger partial charge on any atom is -0.491 e. The summed E-state index contributed by atoms with van der Waals surface area (Å²) in [5, 5.41) is 3.45. The van der Waals surface area contributed by atoms with E-state index in [1.165, 1.54) is 31.2 Å². The second kappa shape index (κ2) is 12.7. The number of nitrogens with zero attached hydrogens (tertiary/aromatic N) is 2. The predicted octanol–water partition coefficient (Wildman–Crippen LogP) is 4.60. The summed E-state index contributed by atoms with van der Waals surface area (Å²) in [4.78, 5) is 19.7. The molecular formula is C30H41N3O4. The number of pyridine rings is 1. The van der Waals surface area contributed by atoms with Gasteiger partial charge >= 0.3 is 5.97 Å². The highest BCUT2D eigenvalue weighted by Crippen LogP contribution is 2.30. The summed E-state index contributed by atoms with van der Waals surface area (Å²) < 4.78 is 16.8. The average molecular weight is 508 g/mol. The van der Waals surface area contributed by atoms with Crippen molar-refractivity contribution in [2.75, 3.05) is 51.8 Å². The number of aromatic nitrogens is 1. The second-order valence-corrected chi connectivity index (χ2v) is 10.8. The molecule has 0 aliphatic carbocycles. The van der Waals surface area contributed by atoms with Crippen LogP contribution in [0.3, 0.4) is 0 Å². The van der Waals surface area contributed by atoms with Gasteiger partial charge in [0.15, 0.2) is 0 Å². The number of aryl methyl sites for hydroxylation is 2. The number of carbonyl (C=O) groups excluding carboxylic acids is 1. The Bertz CT molecular complexity index is 1040. The molecule has 1 unspecified atom stereocenters. The van der Waals surface area contributed by atoms with Crippen LogP contribution < -0.4 is 10.1 Å². The molecule has 4 heterocycles. The average Bonchev–Trinajstić information content (AvgIpc) is 3.62. The summed E-state index contributed by atoms with van der Waals surface area (Å²) in [7, 11) is 1.47. The van der Waals surface area contributed by atoms with E-state index in [1.807, 2.05) is 12.1 Å². The summed E-state index contributed by atoms with van der Waals surface area (Å²) in [6.45, 7) is 5.41. The van der Waals surface area contributed by atoms with Crippen molar-refractivity contribution in [3.63, 3.8) is 0 Å². The number of benzene rings is 1. The molecule has 2 aromatic rings. The first-order chi connectivity index (χ1) is 18.2. The standard InChI is InChI=1S/C30H41N3O4/c1-35-29(34)18-25(24-5-2-7-27(17-24)37-21-28-8-4-16-36-28)20-33-15-13-22(19-33)9-11-26-12-10-23-6-3-14-31-30(23)32-26/h2,5,7,10,12,17,22,25,28H,3-4,6,8-9,11,13-16,18-21H2,1H3,(H,31,32)/t22-,25?,28+/m1/s1. The number of hydrogen-bond donors (Lipinski definition) is 1. The Hall–Kier alpha value is -2.64. The number of hydrogen-bond acceptors (Lipinski definition) is 7. The monoisotopic (exact) mass is 507 g/mol. The first-order valence-corrected chi connectivity index (χ1v) is 14.0. The van der Waals surface area contributed by atoms with Crippen LogP contribution in [0.25, 0.3) is 0 Å². The summed E-state index contributed by atoms with van der Waals surface area (Å²) in [6.07, 6.45) is 8.40. The van der Waals surface area contributed by atoms with Gasteiger partial charge in [0.2, 0.25) is 0 Å². The largest absolute Gasteiger partial charge is 0.491 e. The number of carbonyl (C=O) groups is 1. The lowest BCUT2D eigenvalue weighted by molar-refractivity contribution is -0.141. The molecule has 5 rings (SSSR count). The van der Waals surface area contributed by atoms with E-state index in [2.05, 4.69) is 34.5 Å². The van der Waals surface area contributed by atoms with E-state index < -0.39 is 0 Å². The maximum atomic E-state index is 12.3. The van der Waals surface area contributed by atoms with Crippen molar-refractivity contribution < 1.29 is 19.0 Å². The van der Waals surface area contributed by atoms with E-state index in [4.69, 9.17) is 19.2 Å². The summed E-state index contributed by atoms with van der Waals surface area (Å²) in [6, 6.07) is 12.7. The Balaban J connectivity index is 1.16. The van der Waals surface area contributed by atoms with Gasteiger partial charge in [-0.25, -0.2) is 4.98 Å². The first-order valence-electron chi connectivity index (χ1n) is 14.0. The minimum absolute atomic E-state index is 0.0749. The van der Waals surface area contributed by atoms with Crippen molar-refractivity contribution in [2.24, 2.45) is 5.92 Å². The van der Waals surface area contributed by atoms with Crippen molar-refractivity contribution in [3.8, 4) is 5.75 Å². The Kier molecular flexibility index (Phi) is 8.95. The number of likely N-dealkylation sites (tertiary alicyclic amines) is 1. The van der Waals surface area contributed by atoms with Crippen molar-refractivity contribution in [2.45, 2.75) is 63.4 Å². The SMILES string of the molecule is COC(=O)CC(CN1CC[C@@H](CCc2ccc3c(n2)NCCC3)C1)c1cccc(OC[C@@H]2CCCO2)c1. The smallest absolute Gasteiger partial charge is 0.306 e. The van der Waals surface area contributed by atoms with Gasteiger partial charge in [-0.3, -0.25) is 4.79 Å². The highest BCUT2D eigenvalue weighted by molar-refractivity contribution is 5.70. The van der Waals surface area contributed by atoms with Crippen LogP contribution in [-0.2, 0) is 27.1 Å². The van der Waals surface area contributed by atoms with Gasteiger partial charge < -0.3 is 24.4 Å². The maximum Gasteiger partial charge on any atom is 0.306 e. The lowest BCUT2D eigenvalue weighted by atomic mass is 9.94. The number of nitrogens with one attached hydrogen (secondary N) is 1. The molecule has 2 fully saturated rings. The molecule has 37 heavy (non-hydrogen) atoms. The van der Waals surface area contributed by atoms with Crippen molar-refractivity contribution in [1.82, 2.24) is 9.88 Å². The number of rotatable bonds is 11. The lowest BCUT2D eigenvalue weighted by Gasteiger charge is -2.24. The highest BCUT2D eigenvalue weighted by Gasteiger charge is 2.27. The number of fused-ring (bicyclic) bond motifs is 1. The fourth-order valence-electron chi connectivity index (χ4n) is 5.88. The molecule has 7 heteroatoms. The van der Waals surface area contributed by atoms with E-state index in [9.17, 15) is 4.79 Å². The van der Waals surface area contributed by atoms with E-state index in [0.29, 0.717) is 18.9 Å².